The molecule has 1 N–H and O–H groups in total. The lowest BCUT2D eigenvalue weighted by Gasteiger charge is -2.35. The summed E-state index contributed by atoms with van der Waals surface area (Å²) in [5.41, 5.74) is 2.80. The lowest BCUT2D eigenvalue weighted by atomic mass is 10.1. The summed E-state index contributed by atoms with van der Waals surface area (Å²) < 4.78 is 5.26. The van der Waals surface area contributed by atoms with E-state index in [-0.39, 0.29) is 29.7 Å². The van der Waals surface area contributed by atoms with Crippen LogP contribution in [0.4, 0.5) is 16.4 Å². The predicted molar refractivity (Wildman–Crippen MR) is 141 cm³/mol. The average Bonchev–Trinajstić information content (AvgIpc) is 3.20. The van der Waals surface area contributed by atoms with Gasteiger partial charge in [-0.25, -0.2) is 4.79 Å². The third-order valence-corrected chi connectivity index (χ3v) is 7.33. The van der Waals surface area contributed by atoms with E-state index in [1.54, 1.807) is 25.1 Å². The molecule has 1 aromatic heterocycles. The van der Waals surface area contributed by atoms with Crippen LogP contribution in [0.3, 0.4) is 0 Å². The molecule has 1 aliphatic rings. The summed E-state index contributed by atoms with van der Waals surface area (Å²) in [6.45, 7) is 6.33. The number of piperazine rings is 1. The fourth-order valence-corrected chi connectivity index (χ4v) is 5.53. The van der Waals surface area contributed by atoms with E-state index in [1.807, 2.05) is 47.1 Å². The molecular formula is C26H28N4O5S. The second kappa shape index (κ2) is 11.3. The highest BCUT2D eigenvalue weighted by Gasteiger charge is 2.27. The molecule has 2 heterocycles. The first-order valence-corrected chi connectivity index (χ1v) is 12.6. The molecule has 3 aromatic rings. The number of nitro groups is 1. The van der Waals surface area contributed by atoms with Gasteiger partial charge in [0.2, 0.25) is 5.91 Å². The van der Waals surface area contributed by atoms with Gasteiger partial charge in [-0.1, -0.05) is 42.5 Å². The molecule has 36 heavy (non-hydrogen) atoms. The first-order chi connectivity index (χ1) is 17.4. The number of carbonyl (C=O) groups excluding carboxylic acids is 2. The number of esters is 1. The first-order valence-electron chi connectivity index (χ1n) is 11.8. The molecule has 1 fully saturated rings. The smallest absolute Gasteiger partial charge is 0.341 e. The van der Waals surface area contributed by atoms with Crippen LogP contribution in [0.25, 0.3) is 10.4 Å². The van der Waals surface area contributed by atoms with E-state index in [2.05, 4.69) is 5.32 Å². The van der Waals surface area contributed by atoms with E-state index in [4.69, 9.17) is 4.74 Å². The van der Waals surface area contributed by atoms with Crippen LogP contribution in [0, 0.1) is 17.0 Å². The van der Waals surface area contributed by atoms with Gasteiger partial charge in [0.25, 0.3) is 5.69 Å². The van der Waals surface area contributed by atoms with Crippen LogP contribution in [0.15, 0.2) is 54.6 Å². The lowest BCUT2D eigenvalue weighted by Crippen LogP contribution is -2.48. The molecule has 4 rings (SSSR count). The Hall–Kier alpha value is -3.76. The number of hydrogen-bond donors (Lipinski definition) is 1. The van der Waals surface area contributed by atoms with E-state index < -0.39 is 5.97 Å². The van der Waals surface area contributed by atoms with Gasteiger partial charge in [0.05, 0.1) is 23.6 Å². The summed E-state index contributed by atoms with van der Waals surface area (Å²) >= 11 is 1.36. The molecule has 2 aromatic carbocycles. The number of rotatable bonds is 8. The molecule has 0 spiro atoms. The van der Waals surface area contributed by atoms with Crippen molar-refractivity contribution in [2.75, 3.05) is 49.5 Å². The number of nitrogens with zero attached hydrogens (tertiary/aromatic N) is 3. The Morgan fingerprint density at radius 2 is 1.72 bits per heavy atom. The summed E-state index contributed by atoms with van der Waals surface area (Å²) in [7, 11) is 0. The fraction of sp³-hybridized carbons (Fsp3) is 0.308. The van der Waals surface area contributed by atoms with Gasteiger partial charge in [-0.05, 0) is 31.0 Å². The van der Waals surface area contributed by atoms with Gasteiger partial charge in [0.15, 0.2) is 0 Å². The van der Waals surface area contributed by atoms with Crippen molar-refractivity contribution in [3.63, 3.8) is 0 Å². The first kappa shape index (κ1) is 25.3. The number of nitro benzene ring substituents is 1. The van der Waals surface area contributed by atoms with Crippen molar-refractivity contribution in [3.8, 4) is 10.4 Å². The Kier molecular flexibility index (Phi) is 7.97. The quantitative estimate of drug-likeness (QED) is 0.270. The van der Waals surface area contributed by atoms with Crippen molar-refractivity contribution >= 4 is 39.6 Å². The zero-order valence-corrected chi connectivity index (χ0v) is 21.0. The molecule has 188 valence electrons. The van der Waals surface area contributed by atoms with Gasteiger partial charge in [0, 0.05) is 37.1 Å². The summed E-state index contributed by atoms with van der Waals surface area (Å²) in [5.74, 6) is -0.678. The largest absolute Gasteiger partial charge is 0.462 e. The van der Waals surface area contributed by atoms with E-state index in [0.29, 0.717) is 42.4 Å². The van der Waals surface area contributed by atoms with Crippen molar-refractivity contribution in [1.29, 1.82) is 0 Å². The number of nitrogens with one attached hydrogen (secondary N) is 1. The number of carbonyl (C=O) groups is 2. The van der Waals surface area contributed by atoms with Gasteiger partial charge in [0.1, 0.15) is 10.7 Å². The van der Waals surface area contributed by atoms with Crippen molar-refractivity contribution in [3.05, 3.63) is 75.8 Å². The Morgan fingerprint density at radius 3 is 2.39 bits per heavy atom. The third-order valence-electron chi connectivity index (χ3n) is 6.07. The zero-order chi connectivity index (χ0) is 25.7. The minimum Gasteiger partial charge on any atom is -0.462 e. The van der Waals surface area contributed by atoms with Crippen LogP contribution in [0.1, 0.15) is 22.8 Å². The average molecular weight is 509 g/mol. The Labute approximate surface area is 213 Å². The Balaban J connectivity index is 1.44. The number of thiophene rings is 1. The molecule has 10 heteroatoms. The molecule has 1 aliphatic heterocycles. The predicted octanol–water partition coefficient (Wildman–Crippen LogP) is 4.57. The molecule has 0 unspecified atom stereocenters. The summed E-state index contributed by atoms with van der Waals surface area (Å²) in [6.07, 6.45) is 0. The van der Waals surface area contributed by atoms with Crippen molar-refractivity contribution < 1.29 is 19.2 Å². The van der Waals surface area contributed by atoms with E-state index in [9.17, 15) is 19.7 Å². The van der Waals surface area contributed by atoms with E-state index >= 15 is 0 Å². The lowest BCUT2D eigenvalue weighted by molar-refractivity contribution is -0.384. The van der Waals surface area contributed by atoms with Crippen LogP contribution in [-0.2, 0) is 9.53 Å². The Morgan fingerprint density at radius 1 is 1.06 bits per heavy atom. The van der Waals surface area contributed by atoms with Crippen molar-refractivity contribution in [1.82, 2.24) is 4.90 Å². The molecule has 0 saturated carbocycles. The topological polar surface area (TPSA) is 105 Å². The summed E-state index contributed by atoms with van der Waals surface area (Å²) in [4.78, 5) is 41.6. The fourth-order valence-electron chi connectivity index (χ4n) is 4.32. The monoisotopic (exact) mass is 508 g/mol. The van der Waals surface area contributed by atoms with Crippen molar-refractivity contribution in [2.24, 2.45) is 0 Å². The Bertz CT molecular complexity index is 1250. The van der Waals surface area contributed by atoms with Crippen LogP contribution in [0.5, 0.6) is 0 Å². The molecule has 0 radical (unpaired) electrons. The molecule has 1 saturated heterocycles. The van der Waals surface area contributed by atoms with Gasteiger partial charge in [-0.2, -0.15) is 0 Å². The highest BCUT2D eigenvalue weighted by molar-refractivity contribution is 7.20. The third kappa shape index (κ3) is 5.55. The van der Waals surface area contributed by atoms with Crippen molar-refractivity contribution in [2.45, 2.75) is 13.8 Å². The molecule has 1 amide bonds. The standard InChI is InChI=1S/C26H28N4O5S/c1-3-35-26(32)23-18(2)24(19-9-5-4-6-10-19)36-25(23)27-22(31)17-28-13-15-29(16-14-28)20-11-7-8-12-21(20)30(33)34/h4-12H,3,13-17H2,1-2H3,(H,27,31). The van der Waals surface area contributed by atoms with E-state index in [0.717, 1.165) is 16.0 Å². The zero-order valence-electron chi connectivity index (χ0n) is 20.2. The van der Waals surface area contributed by atoms with Gasteiger partial charge in [-0.3, -0.25) is 19.8 Å². The maximum Gasteiger partial charge on any atom is 0.341 e. The van der Waals surface area contributed by atoms with E-state index in [1.165, 1.54) is 17.4 Å². The second-order valence-electron chi connectivity index (χ2n) is 8.40. The maximum atomic E-state index is 13.0. The molecule has 0 atom stereocenters. The molecule has 9 nitrogen and oxygen atoms in total. The molecular weight excluding hydrogens is 480 g/mol. The number of benzene rings is 2. The van der Waals surface area contributed by atoms with Crippen LogP contribution >= 0.6 is 11.3 Å². The molecule has 0 aliphatic carbocycles. The SMILES string of the molecule is CCOC(=O)c1c(NC(=O)CN2CCN(c3ccccc3[N+](=O)[O-])CC2)sc(-c2ccccc2)c1C. The minimum absolute atomic E-state index is 0.0810. The van der Waals surface area contributed by atoms with Crippen LogP contribution in [0.2, 0.25) is 0 Å². The maximum absolute atomic E-state index is 13.0. The highest BCUT2D eigenvalue weighted by Crippen LogP contribution is 2.40. The van der Waals surface area contributed by atoms with Gasteiger partial charge >= 0.3 is 5.97 Å². The number of anilines is 2. The normalized spacial score (nSPS) is 13.9. The van der Waals surface area contributed by atoms with Crippen LogP contribution in [-0.4, -0.2) is 61.0 Å². The van der Waals surface area contributed by atoms with Gasteiger partial charge < -0.3 is 15.0 Å². The number of para-hydroxylation sites is 2. The van der Waals surface area contributed by atoms with Crippen LogP contribution < -0.4 is 10.2 Å². The summed E-state index contributed by atoms with van der Waals surface area (Å²) in [5, 5.41) is 14.8. The number of ether oxygens (including phenoxy) is 1. The molecule has 0 bridgehead atoms. The number of hydrogen-bond acceptors (Lipinski definition) is 8. The second-order valence-corrected chi connectivity index (χ2v) is 9.42. The number of amides is 1. The summed E-state index contributed by atoms with van der Waals surface area (Å²) in [6, 6.07) is 16.4. The van der Waals surface area contributed by atoms with Gasteiger partial charge in [-0.15, -0.1) is 11.3 Å². The minimum atomic E-state index is -0.457. The highest BCUT2D eigenvalue weighted by atomic mass is 32.1.